The highest BCUT2D eigenvalue weighted by molar-refractivity contribution is 7.21. The zero-order valence-electron chi connectivity index (χ0n) is 20.2. The lowest BCUT2D eigenvalue weighted by molar-refractivity contribution is -0.119. The molecule has 1 aliphatic carbocycles. The van der Waals surface area contributed by atoms with Crippen LogP contribution < -0.4 is 4.90 Å². The summed E-state index contributed by atoms with van der Waals surface area (Å²) in [7, 11) is 0. The van der Waals surface area contributed by atoms with Gasteiger partial charge < -0.3 is 19.5 Å². The van der Waals surface area contributed by atoms with Crippen LogP contribution in [0.25, 0.3) is 21.5 Å². The number of rotatable bonds is 5. The summed E-state index contributed by atoms with van der Waals surface area (Å²) < 4.78 is 3.19. The fourth-order valence-electron chi connectivity index (χ4n) is 6.41. The van der Waals surface area contributed by atoms with E-state index in [-0.39, 0.29) is 12.5 Å². The predicted molar refractivity (Wildman–Crippen MR) is 141 cm³/mol. The maximum Gasteiger partial charge on any atom is 0.345 e. The number of carboxylic acid groups (broad SMARTS) is 1. The number of hydrogen-bond donors (Lipinski definition) is 1. The molecule has 0 atom stereocenters. The number of thiophene rings is 1. The molecule has 6 nitrogen and oxygen atoms in total. The van der Waals surface area contributed by atoms with Crippen LogP contribution in [-0.2, 0) is 11.3 Å². The minimum Gasteiger partial charge on any atom is -0.477 e. The number of fused-ring (bicyclic) bond motifs is 5. The second-order valence-electron chi connectivity index (χ2n) is 10.3. The number of aromatic nitrogens is 1. The van der Waals surface area contributed by atoms with E-state index in [0.29, 0.717) is 17.3 Å². The van der Waals surface area contributed by atoms with E-state index in [1.165, 1.54) is 55.4 Å². The van der Waals surface area contributed by atoms with Gasteiger partial charge in [-0.3, -0.25) is 4.79 Å². The number of carbonyl (C=O) groups excluding carboxylic acids is 1. The zero-order valence-corrected chi connectivity index (χ0v) is 21.0. The van der Waals surface area contributed by atoms with Crippen molar-refractivity contribution < 1.29 is 14.7 Å². The predicted octanol–water partition coefficient (Wildman–Crippen LogP) is 5.95. The van der Waals surface area contributed by atoms with Gasteiger partial charge in [-0.2, -0.15) is 0 Å². The number of nitrogens with zero attached hydrogens (tertiary/aromatic N) is 3. The standard InChI is InChI=1S/C28H33N3O3S/c32-24-18-31-22-17-23(28(33)34)35-27(22)25(19-9-3-1-4-10-19)26(31)20-11-5-6-12-21(20)30(24)16-15-29-13-7-2-8-14-29/h5-6,11-12,17,19H,1-4,7-10,13-16,18H2,(H,33,34). The van der Waals surface area contributed by atoms with Crippen molar-refractivity contribution >= 4 is 39.1 Å². The van der Waals surface area contributed by atoms with Gasteiger partial charge in [-0.1, -0.05) is 43.9 Å². The normalized spacial score (nSPS) is 19.5. The fourth-order valence-corrected chi connectivity index (χ4v) is 7.54. The van der Waals surface area contributed by atoms with E-state index in [2.05, 4.69) is 27.7 Å². The molecule has 0 radical (unpaired) electrons. The summed E-state index contributed by atoms with van der Waals surface area (Å²) >= 11 is 1.38. The molecule has 184 valence electrons. The van der Waals surface area contributed by atoms with Gasteiger partial charge in [0.05, 0.1) is 21.6 Å². The number of piperidine rings is 1. The molecule has 4 heterocycles. The number of hydrogen-bond acceptors (Lipinski definition) is 4. The second kappa shape index (κ2) is 9.43. The van der Waals surface area contributed by atoms with Crippen molar-refractivity contribution in [3.63, 3.8) is 0 Å². The summed E-state index contributed by atoms with van der Waals surface area (Å²) in [5, 5.41) is 9.73. The highest BCUT2D eigenvalue weighted by Crippen LogP contribution is 2.49. The Hall–Kier alpha value is -2.64. The van der Waals surface area contributed by atoms with Crippen molar-refractivity contribution in [1.82, 2.24) is 9.47 Å². The largest absolute Gasteiger partial charge is 0.477 e. The maximum atomic E-state index is 13.8. The first-order valence-electron chi connectivity index (χ1n) is 13.1. The molecule has 2 fully saturated rings. The number of amides is 1. The van der Waals surface area contributed by atoms with Gasteiger partial charge in [-0.05, 0) is 62.4 Å². The van der Waals surface area contributed by atoms with E-state index >= 15 is 0 Å². The topological polar surface area (TPSA) is 65.8 Å². The van der Waals surface area contributed by atoms with Crippen molar-refractivity contribution in [1.29, 1.82) is 0 Å². The Labute approximate surface area is 210 Å². The Morgan fingerprint density at radius 1 is 1.00 bits per heavy atom. The highest BCUT2D eigenvalue weighted by Gasteiger charge is 2.34. The molecule has 3 aliphatic rings. The summed E-state index contributed by atoms with van der Waals surface area (Å²) in [4.78, 5) is 30.4. The van der Waals surface area contributed by atoms with Crippen molar-refractivity contribution in [2.75, 3.05) is 31.1 Å². The van der Waals surface area contributed by atoms with E-state index < -0.39 is 5.97 Å². The Morgan fingerprint density at radius 2 is 1.74 bits per heavy atom. The van der Waals surface area contributed by atoms with Crippen LogP contribution in [-0.4, -0.2) is 52.6 Å². The van der Waals surface area contributed by atoms with Crippen LogP contribution in [0, 0.1) is 0 Å². The molecule has 0 unspecified atom stereocenters. The Morgan fingerprint density at radius 3 is 2.51 bits per heavy atom. The molecule has 1 aromatic carbocycles. The smallest absolute Gasteiger partial charge is 0.345 e. The average Bonchev–Trinajstić information content (AvgIpc) is 3.41. The van der Waals surface area contributed by atoms with Gasteiger partial charge in [0, 0.05) is 18.7 Å². The quantitative estimate of drug-likeness (QED) is 0.479. The fraction of sp³-hybridized carbons (Fsp3) is 0.500. The molecule has 6 rings (SSSR count). The zero-order chi connectivity index (χ0) is 23.9. The molecule has 1 N–H and O–H groups in total. The third-order valence-electron chi connectivity index (χ3n) is 8.13. The highest BCUT2D eigenvalue weighted by atomic mass is 32.1. The molecule has 1 saturated heterocycles. The van der Waals surface area contributed by atoms with E-state index in [0.717, 1.165) is 59.6 Å². The first-order valence-corrected chi connectivity index (χ1v) is 13.9. The summed E-state index contributed by atoms with van der Waals surface area (Å²) in [6, 6.07) is 10.1. The van der Waals surface area contributed by atoms with E-state index in [4.69, 9.17) is 0 Å². The van der Waals surface area contributed by atoms with Crippen molar-refractivity contribution in [3.05, 3.63) is 40.8 Å². The summed E-state index contributed by atoms with van der Waals surface area (Å²) in [5.41, 5.74) is 5.42. The number of benzene rings is 1. The number of carbonyl (C=O) groups is 2. The van der Waals surface area contributed by atoms with Crippen LogP contribution in [0.4, 0.5) is 5.69 Å². The lowest BCUT2D eigenvalue weighted by Gasteiger charge is -2.30. The van der Waals surface area contributed by atoms with E-state index in [9.17, 15) is 14.7 Å². The van der Waals surface area contributed by atoms with Gasteiger partial charge >= 0.3 is 5.97 Å². The monoisotopic (exact) mass is 491 g/mol. The second-order valence-corrected chi connectivity index (χ2v) is 11.3. The number of anilines is 1. The molecule has 35 heavy (non-hydrogen) atoms. The van der Waals surface area contributed by atoms with Crippen molar-refractivity contribution in [2.45, 2.75) is 63.8 Å². The molecule has 7 heteroatoms. The van der Waals surface area contributed by atoms with Crippen LogP contribution in [0.3, 0.4) is 0 Å². The molecular formula is C28H33N3O3S. The lowest BCUT2D eigenvalue weighted by Crippen LogP contribution is -2.41. The lowest BCUT2D eigenvalue weighted by atomic mass is 9.83. The van der Waals surface area contributed by atoms with Crippen LogP contribution in [0.2, 0.25) is 0 Å². The number of aromatic carboxylic acids is 1. The Bertz CT molecular complexity index is 1260. The summed E-state index contributed by atoms with van der Waals surface area (Å²) in [6.07, 6.45) is 9.71. The van der Waals surface area contributed by atoms with Crippen LogP contribution in [0.1, 0.15) is 72.5 Å². The SMILES string of the molecule is O=C(O)c1cc2c(s1)c(C1CCCCC1)c1n2CC(=O)N(CCN2CCCCC2)c2ccccc2-1. The van der Waals surface area contributed by atoms with E-state index in [1.54, 1.807) is 6.07 Å². The van der Waals surface area contributed by atoms with Gasteiger partial charge in [0.25, 0.3) is 0 Å². The van der Waals surface area contributed by atoms with Gasteiger partial charge in [-0.25, -0.2) is 4.79 Å². The number of para-hydroxylation sites is 1. The van der Waals surface area contributed by atoms with Gasteiger partial charge in [0.15, 0.2) is 0 Å². The maximum absolute atomic E-state index is 13.8. The first kappa shape index (κ1) is 22.8. The molecule has 0 bridgehead atoms. The molecule has 3 aromatic rings. The Kier molecular flexibility index (Phi) is 6.14. The first-order chi connectivity index (χ1) is 17.1. The molecule has 1 amide bonds. The summed E-state index contributed by atoms with van der Waals surface area (Å²) in [6.45, 7) is 4.06. The molecule has 2 aromatic heterocycles. The van der Waals surface area contributed by atoms with Crippen LogP contribution >= 0.6 is 11.3 Å². The van der Waals surface area contributed by atoms with Crippen molar-refractivity contribution in [3.8, 4) is 11.3 Å². The third-order valence-corrected chi connectivity index (χ3v) is 9.28. The van der Waals surface area contributed by atoms with E-state index in [1.807, 2.05) is 11.0 Å². The number of likely N-dealkylation sites (tertiary alicyclic amines) is 1. The average molecular weight is 492 g/mol. The molecule has 0 spiro atoms. The van der Waals surface area contributed by atoms with Crippen molar-refractivity contribution in [2.24, 2.45) is 0 Å². The molecule has 2 aliphatic heterocycles. The van der Waals surface area contributed by atoms with Gasteiger partial charge in [0.2, 0.25) is 5.91 Å². The van der Waals surface area contributed by atoms with Crippen LogP contribution in [0.15, 0.2) is 30.3 Å². The molecular weight excluding hydrogens is 458 g/mol. The molecule has 1 saturated carbocycles. The number of carboxylic acids is 1. The third kappa shape index (κ3) is 4.08. The van der Waals surface area contributed by atoms with Gasteiger partial charge in [0.1, 0.15) is 11.4 Å². The minimum absolute atomic E-state index is 0.0865. The van der Waals surface area contributed by atoms with Crippen LogP contribution in [0.5, 0.6) is 0 Å². The Balaban J connectivity index is 1.48. The summed E-state index contributed by atoms with van der Waals surface area (Å²) in [5.74, 6) is -0.395. The van der Waals surface area contributed by atoms with Gasteiger partial charge in [-0.15, -0.1) is 11.3 Å². The minimum atomic E-state index is -0.890.